The number of methoxy groups -OCH3 is 1. The molecule has 0 unspecified atom stereocenters. The smallest absolute Gasteiger partial charge is 0.175 e. The van der Waals surface area contributed by atoms with Crippen LogP contribution in [0, 0.1) is 22.8 Å². The van der Waals surface area contributed by atoms with E-state index < -0.39 is 0 Å². The van der Waals surface area contributed by atoms with Crippen molar-refractivity contribution in [2.24, 2.45) is 4.99 Å². The molecule has 0 atom stereocenters. The van der Waals surface area contributed by atoms with Crippen molar-refractivity contribution in [1.29, 1.82) is 0 Å². The molecule has 0 bridgehead atoms. The van der Waals surface area contributed by atoms with Crippen molar-refractivity contribution < 1.29 is 9.47 Å². The third kappa shape index (κ3) is 4.63. The Bertz CT molecular complexity index is 781. The zero-order chi connectivity index (χ0) is 16.8. The Morgan fingerprint density at radius 1 is 1.35 bits per heavy atom. The van der Waals surface area contributed by atoms with Crippen LogP contribution in [0.15, 0.2) is 35.3 Å². The Kier molecular flexibility index (Phi) is 6.31. The van der Waals surface area contributed by atoms with Gasteiger partial charge >= 0.3 is 0 Å². The van der Waals surface area contributed by atoms with Crippen LogP contribution in [-0.2, 0) is 0 Å². The molecule has 2 aromatic rings. The summed E-state index contributed by atoms with van der Waals surface area (Å²) in [6, 6.07) is 9.44. The SMILES string of the molecule is C#CCOc1c(I)cc(C=Nc2cc(Cl)ccc2C)cc1OC. The predicted molar refractivity (Wildman–Crippen MR) is 103 cm³/mol. The summed E-state index contributed by atoms with van der Waals surface area (Å²) >= 11 is 8.20. The predicted octanol–water partition coefficient (Wildman–Crippen LogP) is 5.02. The van der Waals surface area contributed by atoms with Gasteiger partial charge in [0.2, 0.25) is 0 Å². The van der Waals surface area contributed by atoms with Gasteiger partial charge in [0.05, 0.1) is 16.4 Å². The number of aryl methyl sites for hydroxylation is 1. The summed E-state index contributed by atoms with van der Waals surface area (Å²) in [4.78, 5) is 4.50. The highest BCUT2D eigenvalue weighted by Crippen LogP contribution is 2.33. The van der Waals surface area contributed by atoms with Gasteiger partial charge in [-0.2, -0.15) is 0 Å². The Morgan fingerprint density at radius 3 is 2.83 bits per heavy atom. The molecule has 0 heterocycles. The minimum absolute atomic E-state index is 0.196. The van der Waals surface area contributed by atoms with Gasteiger partial charge in [-0.3, -0.25) is 4.99 Å². The van der Waals surface area contributed by atoms with Crippen LogP contribution >= 0.6 is 34.2 Å². The summed E-state index contributed by atoms with van der Waals surface area (Å²) in [7, 11) is 1.59. The number of hydrogen-bond acceptors (Lipinski definition) is 3. The second kappa shape index (κ2) is 8.23. The maximum absolute atomic E-state index is 6.01. The normalized spacial score (nSPS) is 10.6. The van der Waals surface area contributed by atoms with Crippen LogP contribution < -0.4 is 9.47 Å². The molecule has 0 saturated carbocycles. The highest BCUT2D eigenvalue weighted by Gasteiger charge is 2.10. The van der Waals surface area contributed by atoms with Crippen LogP contribution in [0.4, 0.5) is 5.69 Å². The minimum Gasteiger partial charge on any atom is -0.493 e. The van der Waals surface area contributed by atoms with Crippen molar-refractivity contribution in [3.8, 4) is 23.8 Å². The van der Waals surface area contributed by atoms with Gasteiger partial charge in [0, 0.05) is 11.2 Å². The van der Waals surface area contributed by atoms with Crippen LogP contribution in [0.1, 0.15) is 11.1 Å². The van der Waals surface area contributed by atoms with Gasteiger partial charge in [-0.15, -0.1) is 6.42 Å². The fraction of sp³-hybridized carbons (Fsp3) is 0.167. The van der Waals surface area contributed by atoms with Crippen LogP contribution in [0.5, 0.6) is 11.5 Å². The van der Waals surface area contributed by atoms with Crippen molar-refractivity contribution in [2.75, 3.05) is 13.7 Å². The standard InChI is InChI=1S/C18H15ClINO2/c1-4-7-23-18-15(20)8-13(9-17(18)22-3)11-21-16-10-14(19)6-5-12(16)2/h1,5-6,8-11H,7H2,2-3H3. The van der Waals surface area contributed by atoms with E-state index in [0.717, 1.165) is 20.4 Å². The number of hydrogen-bond donors (Lipinski definition) is 0. The van der Waals surface area contributed by atoms with Gasteiger partial charge in [-0.05, 0) is 64.9 Å². The molecule has 0 amide bonds. The van der Waals surface area contributed by atoms with E-state index in [2.05, 4.69) is 33.5 Å². The Labute approximate surface area is 154 Å². The first kappa shape index (κ1) is 17.6. The number of halogens is 2. The molecule has 0 spiro atoms. The summed E-state index contributed by atoms with van der Waals surface area (Å²) in [5.74, 6) is 3.71. The third-order valence-corrected chi connectivity index (χ3v) is 4.11. The van der Waals surface area contributed by atoms with Crippen LogP contribution in [0.3, 0.4) is 0 Å². The number of benzene rings is 2. The van der Waals surface area contributed by atoms with Crippen molar-refractivity contribution in [2.45, 2.75) is 6.92 Å². The average Bonchev–Trinajstić information content (AvgIpc) is 2.54. The number of terminal acetylenes is 1. The molecule has 5 heteroatoms. The molecular formula is C18H15ClINO2. The van der Waals surface area contributed by atoms with E-state index in [4.69, 9.17) is 27.5 Å². The number of rotatable bonds is 5. The minimum atomic E-state index is 0.196. The van der Waals surface area contributed by atoms with E-state index in [9.17, 15) is 0 Å². The quantitative estimate of drug-likeness (QED) is 0.372. The second-order valence-corrected chi connectivity index (χ2v) is 6.31. The zero-order valence-electron chi connectivity index (χ0n) is 12.8. The van der Waals surface area contributed by atoms with E-state index in [0.29, 0.717) is 16.5 Å². The van der Waals surface area contributed by atoms with Gasteiger partial charge in [-0.25, -0.2) is 0 Å². The van der Waals surface area contributed by atoms with Gasteiger partial charge in [0.1, 0.15) is 6.61 Å². The number of aliphatic imine (C=N–C) groups is 1. The van der Waals surface area contributed by atoms with Gasteiger partial charge in [0.25, 0.3) is 0 Å². The molecule has 2 rings (SSSR count). The first-order valence-corrected chi connectivity index (χ1v) is 8.25. The van der Waals surface area contributed by atoms with E-state index in [1.54, 1.807) is 13.3 Å². The summed E-state index contributed by atoms with van der Waals surface area (Å²) < 4.78 is 11.8. The maximum atomic E-state index is 6.01. The second-order valence-electron chi connectivity index (χ2n) is 4.72. The van der Waals surface area contributed by atoms with Crippen LogP contribution in [0.25, 0.3) is 0 Å². The lowest BCUT2D eigenvalue weighted by Crippen LogP contribution is -2.00. The first-order chi connectivity index (χ1) is 11.0. The Balaban J connectivity index is 2.33. The molecule has 0 radical (unpaired) electrons. The van der Waals surface area contributed by atoms with E-state index in [-0.39, 0.29) is 6.61 Å². The molecule has 0 N–H and O–H groups in total. The molecule has 0 aliphatic carbocycles. The Morgan fingerprint density at radius 2 is 2.13 bits per heavy atom. The summed E-state index contributed by atoms with van der Waals surface area (Å²) in [5, 5.41) is 0.660. The van der Waals surface area contributed by atoms with Crippen molar-refractivity contribution in [3.63, 3.8) is 0 Å². The van der Waals surface area contributed by atoms with E-state index >= 15 is 0 Å². The summed E-state index contributed by atoms with van der Waals surface area (Å²) in [6.45, 7) is 2.19. The molecule has 0 aliphatic rings. The fourth-order valence-corrected chi connectivity index (χ4v) is 2.88. The highest BCUT2D eigenvalue weighted by atomic mass is 127. The molecular weight excluding hydrogens is 425 g/mol. The molecule has 0 aromatic heterocycles. The largest absolute Gasteiger partial charge is 0.493 e. The van der Waals surface area contributed by atoms with Gasteiger partial charge < -0.3 is 9.47 Å². The monoisotopic (exact) mass is 439 g/mol. The third-order valence-electron chi connectivity index (χ3n) is 3.08. The average molecular weight is 440 g/mol. The molecule has 3 nitrogen and oxygen atoms in total. The first-order valence-electron chi connectivity index (χ1n) is 6.79. The molecule has 118 valence electrons. The lowest BCUT2D eigenvalue weighted by atomic mass is 10.2. The van der Waals surface area contributed by atoms with Crippen molar-refractivity contribution >= 4 is 46.1 Å². The summed E-state index contributed by atoms with van der Waals surface area (Å²) in [6.07, 6.45) is 7.01. The van der Waals surface area contributed by atoms with Crippen molar-refractivity contribution in [3.05, 3.63) is 50.1 Å². The van der Waals surface area contributed by atoms with Gasteiger partial charge in [-0.1, -0.05) is 23.6 Å². The lowest BCUT2D eigenvalue weighted by molar-refractivity contribution is 0.328. The van der Waals surface area contributed by atoms with E-state index in [1.165, 1.54) is 0 Å². The van der Waals surface area contributed by atoms with Crippen molar-refractivity contribution in [1.82, 2.24) is 0 Å². The van der Waals surface area contributed by atoms with Crippen LogP contribution in [-0.4, -0.2) is 19.9 Å². The number of nitrogens with zero attached hydrogens (tertiary/aromatic N) is 1. The molecule has 0 fully saturated rings. The van der Waals surface area contributed by atoms with E-state index in [1.807, 2.05) is 37.3 Å². The molecule has 23 heavy (non-hydrogen) atoms. The fourth-order valence-electron chi connectivity index (χ4n) is 1.93. The molecule has 2 aromatic carbocycles. The lowest BCUT2D eigenvalue weighted by Gasteiger charge is -2.11. The van der Waals surface area contributed by atoms with Gasteiger partial charge in [0.15, 0.2) is 11.5 Å². The Hall–Kier alpha value is -1.71. The molecule has 0 saturated heterocycles. The summed E-state index contributed by atoms with van der Waals surface area (Å²) in [5.41, 5.74) is 2.79. The maximum Gasteiger partial charge on any atom is 0.175 e. The topological polar surface area (TPSA) is 30.8 Å². The highest BCUT2D eigenvalue weighted by molar-refractivity contribution is 14.1. The zero-order valence-corrected chi connectivity index (χ0v) is 15.7. The molecule has 0 aliphatic heterocycles. The number of ether oxygens (including phenoxy) is 2. The van der Waals surface area contributed by atoms with Crippen LogP contribution in [0.2, 0.25) is 5.02 Å².